The standard InChI is InChI=1S/C9H13BrN2O2S/c1-12(5-6-15(2,13)14)9-4-3-8(10)7-11-9/h3-4,7H,5-6H2,1-2H3. The molecule has 0 aliphatic carbocycles. The van der Waals surface area contributed by atoms with E-state index in [4.69, 9.17) is 0 Å². The van der Waals surface area contributed by atoms with E-state index < -0.39 is 9.84 Å². The third kappa shape index (κ3) is 4.61. The monoisotopic (exact) mass is 292 g/mol. The summed E-state index contributed by atoms with van der Waals surface area (Å²) in [6.07, 6.45) is 2.92. The van der Waals surface area contributed by atoms with E-state index in [-0.39, 0.29) is 5.75 Å². The van der Waals surface area contributed by atoms with Gasteiger partial charge in [0.25, 0.3) is 0 Å². The van der Waals surface area contributed by atoms with Crippen LogP contribution in [0.15, 0.2) is 22.8 Å². The van der Waals surface area contributed by atoms with Crippen LogP contribution in [0.2, 0.25) is 0 Å². The first kappa shape index (κ1) is 12.4. The molecule has 1 aromatic heterocycles. The minimum atomic E-state index is -2.91. The Kier molecular flexibility index (Phi) is 4.10. The third-order valence-corrected chi connectivity index (χ3v) is 3.29. The van der Waals surface area contributed by atoms with Crippen LogP contribution in [0, 0.1) is 0 Å². The third-order valence-electron chi connectivity index (χ3n) is 1.90. The summed E-state index contributed by atoms with van der Waals surface area (Å²) in [5.41, 5.74) is 0. The van der Waals surface area contributed by atoms with Crippen molar-refractivity contribution in [1.82, 2.24) is 4.98 Å². The van der Waals surface area contributed by atoms with Gasteiger partial charge in [0.15, 0.2) is 0 Å². The number of pyridine rings is 1. The summed E-state index contributed by atoms with van der Waals surface area (Å²) in [5.74, 6) is 0.906. The Morgan fingerprint density at radius 3 is 2.60 bits per heavy atom. The van der Waals surface area contributed by atoms with Gasteiger partial charge in [0, 0.05) is 30.5 Å². The Labute approximate surface area is 98.4 Å². The van der Waals surface area contributed by atoms with Crippen LogP contribution in [0.4, 0.5) is 5.82 Å². The maximum Gasteiger partial charge on any atom is 0.149 e. The largest absolute Gasteiger partial charge is 0.359 e. The molecule has 0 unspecified atom stereocenters. The van der Waals surface area contributed by atoms with Gasteiger partial charge in [-0.05, 0) is 28.1 Å². The summed E-state index contributed by atoms with van der Waals surface area (Å²) in [6, 6.07) is 3.71. The van der Waals surface area contributed by atoms with E-state index in [1.807, 2.05) is 24.1 Å². The summed E-state index contributed by atoms with van der Waals surface area (Å²) >= 11 is 3.29. The first-order valence-electron chi connectivity index (χ1n) is 4.39. The second-order valence-corrected chi connectivity index (χ2v) is 6.56. The molecule has 0 atom stereocenters. The van der Waals surface area contributed by atoms with Crippen molar-refractivity contribution in [3.05, 3.63) is 22.8 Å². The summed E-state index contributed by atoms with van der Waals surface area (Å²) in [7, 11) is -1.09. The SMILES string of the molecule is CN(CCS(C)(=O)=O)c1ccc(Br)cn1. The van der Waals surface area contributed by atoms with E-state index in [1.54, 1.807) is 6.20 Å². The van der Waals surface area contributed by atoms with Crippen molar-refractivity contribution in [2.24, 2.45) is 0 Å². The highest BCUT2D eigenvalue weighted by Gasteiger charge is 2.06. The molecule has 0 fully saturated rings. The fourth-order valence-corrected chi connectivity index (χ4v) is 1.85. The van der Waals surface area contributed by atoms with Crippen molar-refractivity contribution in [2.75, 3.05) is 30.5 Å². The quantitative estimate of drug-likeness (QED) is 0.840. The molecule has 6 heteroatoms. The topological polar surface area (TPSA) is 50.3 Å². The van der Waals surface area contributed by atoms with Crippen molar-refractivity contribution >= 4 is 31.6 Å². The van der Waals surface area contributed by atoms with Crippen molar-refractivity contribution in [3.63, 3.8) is 0 Å². The van der Waals surface area contributed by atoms with Crippen LogP contribution >= 0.6 is 15.9 Å². The van der Waals surface area contributed by atoms with Gasteiger partial charge >= 0.3 is 0 Å². The number of hydrogen-bond donors (Lipinski definition) is 0. The molecule has 1 aromatic rings. The van der Waals surface area contributed by atoms with Gasteiger partial charge in [-0.3, -0.25) is 0 Å². The van der Waals surface area contributed by atoms with Crippen molar-refractivity contribution < 1.29 is 8.42 Å². The molecule has 1 rings (SSSR count). The van der Waals surface area contributed by atoms with Crippen molar-refractivity contribution in [2.45, 2.75) is 0 Å². The minimum Gasteiger partial charge on any atom is -0.359 e. The van der Waals surface area contributed by atoms with E-state index in [0.717, 1.165) is 10.3 Å². The number of rotatable bonds is 4. The van der Waals surface area contributed by atoms with E-state index in [1.165, 1.54) is 6.26 Å². The molecule has 0 radical (unpaired) electrons. The summed E-state index contributed by atoms with van der Waals surface area (Å²) < 4.78 is 22.8. The molecule has 0 saturated carbocycles. The van der Waals surface area contributed by atoms with Crippen LogP contribution < -0.4 is 4.90 Å². The number of nitrogens with zero attached hydrogens (tertiary/aromatic N) is 2. The molecule has 0 aromatic carbocycles. The fourth-order valence-electron chi connectivity index (χ4n) is 1.01. The Morgan fingerprint density at radius 1 is 1.47 bits per heavy atom. The first-order valence-corrected chi connectivity index (χ1v) is 7.24. The average Bonchev–Trinajstić information content (AvgIpc) is 2.14. The predicted molar refractivity (Wildman–Crippen MR) is 64.9 cm³/mol. The van der Waals surface area contributed by atoms with Crippen LogP contribution in [0.5, 0.6) is 0 Å². The Bertz CT molecular complexity index is 416. The minimum absolute atomic E-state index is 0.140. The molecule has 0 N–H and O–H groups in total. The molecule has 0 aliphatic rings. The molecule has 15 heavy (non-hydrogen) atoms. The maximum atomic E-state index is 11.0. The van der Waals surface area contributed by atoms with E-state index in [0.29, 0.717) is 6.54 Å². The van der Waals surface area contributed by atoms with Gasteiger partial charge in [-0.15, -0.1) is 0 Å². The molecule has 0 saturated heterocycles. The van der Waals surface area contributed by atoms with Gasteiger partial charge < -0.3 is 4.90 Å². The Hall–Kier alpha value is -0.620. The van der Waals surface area contributed by atoms with Crippen LogP contribution in [0.1, 0.15) is 0 Å². The summed E-state index contributed by atoms with van der Waals surface area (Å²) in [4.78, 5) is 5.98. The zero-order chi connectivity index (χ0) is 11.5. The molecule has 0 bridgehead atoms. The fraction of sp³-hybridized carbons (Fsp3) is 0.444. The van der Waals surface area contributed by atoms with Gasteiger partial charge in [-0.1, -0.05) is 0 Å². The molecular weight excluding hydrogens is 280 g/mol. The Morgan fingerprint density at radius 2 is 2.13 bits per heavy atom. The van der Waals surface area contributed by atoms with Gasteiger partial charge in [0.05, 0.1) is 5.75 Å². The highest BCUT2D eigenvalue weighted by atomic mass is 79.9. The van der Waals surface area contributed by atoms with Crippen LogP contribution in [0.25, 0.3) is 0 Å². The molecule has 84 valence electrons. The predicted octanol–water partition coefficient (Wildman–Crippen LogP) is 1.32. The van der Waals surface area contributed by atoms with Crippen LogP contribution in [-0.4, -0.2) is 39.0 Å². The van der Waals surface area contributed by atoms with E-state index >= 15 is 0 Å². The molecule has 0 amide bonds. The lowest BCUT2D eigenvalue weighted by atomic mass is 10.4. The second-order valence-electron chi connectivity index (χ2n) is 3.39. The average molecular weight is 293 g/mol. The molecule has 0 spiro atoms. The molecule has 0 aliphatic heterocycles. The summed E-state index contributed by atoms with van der Waals surface area (Å²) in [6.45, 7) is 0.452. The smallest absolute Gasteiger partial charge is 0.149 e. The number of anilines is 1. The van der Waals surface area contributed by atoms with Crippen LogP contribution in [-0.2, 0) is 9.84 Å². The number of aromatic nitrogens is 1. The molecular formula is C9H13BrN2O2S. The summed E-state index contributed by atoms with van der Waals surface area (Å²) in [5, 5.41) is 0. The Balaban J connectivity index is 2.61. The second kappa shape index (κ2) is 4.94. The first-order chi connectivity index (χ1) is 6.88. The van der Waals surface area contributed by atoms with Crippen molar-refractivity contribution in [3.8, 4) is 0 Å². The zero-order valence-corrected chi connectivity index (χ0v) is 11.0. The zero-order valence-electron chi connectivity index (χ0n) is 8.64. The maximum absolute atomic E-state index is 11.0. The molecule has 4 nitrogen and oxygen atoms in total. The number of hydrogen-bond acceptors (Lipinski definition) is 4. The van der Waals surface area contributed by atoms with Gasteiger partial charge in [0.1, 0.15) is 15.7 Å². The number of sulfone groups is 1. The van der Waals surface area contributed by atoms with Crippen LogP contribution in [0.3, 0.4) is 0 Å². The van der Waals surface area contributed by atoms with Crippen molar-refractivity contribution in [1.29, 1.82) is 0 Å². The number of halogens is 1. The molecule has 1 heterocycles. The normalized spacial score (nSPS) is 11.4. The highest BCUT2D eigenvalue weighted by Crippen LogP contribution is 2.13. The van der Waals surface area contributed by atoms with Gasteiger partial charge in [-0.2, -0.15) is 0 Å². The lowest BCUT2D eigenvalue weighted by Gasteiger charge is -2.17. The van der Waals surface area contributed by atoms with E-state index in [2.05, 4.69) is 20.9 Å². The lowest BCUT2D eigenvalue weighted by Crippen LogP contribution is -2.25. The van der Waals surface area contributed by atoms with Gasteiger partial charge in [0.2, 0.25) is 0 Å². The lowest BCUT2D eigenvalue weighted by molar-refractivity contribution is 0.601. The van der Waals surface area contributed by atoms with E-state index in [9.17, 15) is 8.42 Å². The van der Waals surface area contributed by atoms with Gasteiger partial charge in [-0.25, -0.2) is 13.4 Å². The highest BCUT2D eigenvalue weighted by molar-refractivity contribution is 9.10.